The molecule has 0 saturated heterocycles. The van der Waals surface area contributed by atoms with Crippen LogP contribution in [0.2, 0.25) is 0 Å². The summed E-state index contributed by atoms with van der Waals surface area (Å²) in [4.78, 5) is 72.9. The monoisotopic (exact) mass is 1420 g/mol. The highest BCUT2D eigenvalue weighted by atomic mass is 31.2. The van der Waals surface area contributed by atoms with E-state index in [0.717, 1.165) is 167 Å². The van der Waals surface area contributed by atoms with Crippen molar-refractivity contribution in [3.63, 3.8) is 0 Å². The Balaban J connectivity index is 5.37. The Kier molecular flexibility index (Phi) is 68.9. The van der Waals surface area contributed by atoms with E-state index in [2.05, 4.69) is 113 Å². The topological polar surface area (TPSA) is 237 Å². The zero-order valence-electron chi connectivity index (χ0n) is 62.0. The van der Waals surface area contributed by atoms with Crippen LogP contribution in [0.5, 0.6) is 0 Å². The predicted molar refractivity (Wildman–Crippen MR) is 399 cm³/mol. The maximum absolute atomic E-state index is 13.1. The van der Waals surface area contributed by atoms with Crippen molar-refractivity contribution in [2.75, 3.05) is 39.6 Å². The van der Waals surface area contributed by atoms with E-state index in [4.69, 9.17) is 37.0 Å². The van der Waals surface area contributed by atoms with Crippen LogP contribution in [0.15, 0.2) is 85.1 Å². The molecule has 0 fully saturated rings. The summed E-state index contributed by atoms with van der Waals surface area (Å²) < 4.78 is 68.5. The molecule has 0 heterocycles. The van der Waals surface area contributed by atoms with Crippen LogP contribution in [-0.2, 0) is 65.4 Å². The molecule has 0 saturated carbocycles. The van der Waals surface area contributed by atoms with E-state index >= 15 is 0 Å². The lowest BCUT2D eigenvalue weighted by Gasteiger charge is -2.21. The van der Waals surface area contributed by atoms with Crippen LogP contribution in [0.25, 0.3) is 0 Å². The highest BCUT2D eigenvalue weighted by Crippen LogP contribution is 2.45. The van der Waals surface area contributed by atoms with E-state index in [-0.39, 0.29) is 25.7 Å². The summed E-state index contributed by atoms with van der Waals surface area (Å²) in [6.45, 7) is 4.76. The molecule has 0 rings (SSSR count). The standard InChI is InChI=1S/C79H140O17P2/c1-5-9-13-17-21-25-29-33-36-40-43-47-51-55-59-63-76(81)89-69-74(95-78(83)65-61-57-53-49-45-39-32-28-24-20-16-12-8-4)71-93-97(85,86)91-67-73(80)68-92-98(87,88)94-72-75(96-79(84)66-62-58-54-50-46-42-38-35-31-27-23-19-15-11-7-3)70-90-77(82)64-60-56-52-48-44-41-37-34-30-26-22-18-14-10-6-2/h21-22,25-28,31-38,73-75,80H,5-20,23-24,29-30,39-72H2,1-4H3,(H,85,86)(H,87,88)/b25-21-,26-22-,31-27-,32-28-,36-33-,37-34-,38-35-/t73-,74-,75-/m1/s1. The fourth-order valence-corrected chi connectivity index (χ4v) is 11.9. The normalized spacial score (nSPS) is 14.4. The number of carbonyl (C=O) groups is 4. The molecule has 98 heavy (non-hydrogen) atoms. The van der Waals surface area contributed by atoms with Gasteiger partial charge in [-0.15, -0.1) is 0 Å². The van der Waals surface area contributed by atoms with Crippen LogP contribution >= 0.6 is 15.6 Å². The molecule has 2 unspecified atom stereocenters. The number of phosphoric acid groups is 2. The van der Waals surface area contributed by atoms with Crippen molar-refractivity contribution in [3.8, 4) is 0 Å². The van der Waals surface area contributed by atoms with Gasteiger partial charge in [-0.25, -0.2) is 9.13 Å². The number of ether oxygens (including phenoxy) is 4. The fraction of sp³-hybridized carbons (Fsp3) is 0.772. The molecule has 0 aromatic heterocycles. The zero-order chi connectivity index (χ0) is 71.8. The average molecular weight is 1420 g/mol. The third-order valence-electron chi connectivity index (χ3n) is 16.3. The van der Waals surface area contributed by atoms with Gasteiger partial charge in [-0.05, 0) is 141 Å². The number of hydrogen-bond donors (Lipinski definition) is 3. The third kappa shape index (κ3) is 70.7. The first-order valence-corrected chi connectivity index (χ1v) is 41.8. The summed E-state index contributed by atoms with van der Waals surface area (Å²) in [5.74, 6) is -2.22. The van der Waals surface area contributed by atoms with Gasteiger partial charge in [0, 0.05) is 25.7 Å². The highest BCUT2D eigenvalue weighted by molar-refractivity contribution is 7.47. The number of hydrogen-bond acceptors (Lipinski definition) is 15. The largest absolute Gasteiger partial charge is 0.472 e. The number of esters is 4. The molecule has 17 nitrogen and oxygen atoms in total. The molecule has 0 amide bonds. The van der Waals surface area contributed by atoms with Gasteiger partial charge in [0.05, 0.1) is 26.4 Å². The molecule has 0 spiro atoms. The van der Waals surface area contributed by atoms with Crippen LogP contribution in [0, 0.1) is 0 Å². The van der Waals surface area contributed by atoms with Gasteiger partial charge in [0.25, 0.3) is 0 Å². The molecule has 0 bridgehead atoms. The number of carbonyl (C=O) groups excluding carboxylic acids is 4. The number of aliphatic hydroxyl groups excluding tert-OH is 1. The molecule has 0 radical (unpaired) electrons. The lowest BCUT2D eigenvalue weighted by atomic mass is 10.1. The van der Waals surface area contributed by atoms with Gasteiger partial charge in [-0.2, -0.15) is 0 Å². The van der Waals surface area contributed by atoms with Gasteiger partial charge in [0.1, 0.15) is 19.3 Å². The summed E-state index contributed by atoms with van der Waals surface area (Å²) in [6.07, 6.45) is 72.7. The molecule has 0 aromatic rings. The Morgan fingerprint density at radius 3 is 0.847 bits per heavy atom. The average Bonchev–Trinajstić information content (AvgIpc) is 1.04. The maximum Gasteiger partial charge on any atom is 0.472 e. The van der Waals surface area contributed by atoms with Crippen LogP contribution < -0.4 is 0 Å². The van der Waals surface area contributed by atoms with Crippen molar-refractivity contribution >= 4 is 39.5 Å². The second kappa shape index (κ2) is 71.6. The molecular weight excluding hydrogens is 1280 g/mol. The van der Waals surface area contributed by atoms with Crippen molar-refractivity contribution in [1.82, 2.24) is 0 Å². The van der Waals surface area contributed by atoms with E-state index < -0.39 is 97.5 Å². The summed E-state index contributed by atoms with van der Waals surface area (Å²) in [7, 11) is -9.96. The molecule has 3 N–H and O–H groups in total. The van der Waals surface area contributed by atoms with E-state index in [1.54, 1.807) is 0 Å². The van der Waals surface area contributed by atoms with Gasteiger partial charge in [-0.3, -0.25) is 37.3 Å². The SMILES string of the molecule is CCCCC/C=C\C/C=C\CCCCCCCC(=O)OC[C@H](COP(=O)(O)OC[C@H](O)COP(=O)(O)OC[C@@H](COC(=O)CCCCCCC/C=C\C/C=C\CCCCC)OC(=O)CCCCCCC/C=C\CCCCCC)OC(=O)CCCCCCC/C=C\C=C/CCCCCC. The number of allylic oxidation sites excluding steroid dienone is 14. The Hall–Kier alpha value is -3.76. The van der Waals surface area contributed by atoms with Crippen molar-refractivity contribution in [2.45, 2.75) is 354 Å². The summed E-state index contributed by atoms with van der Waals surface area (Å²) >= 11 is 0. The van der Waals surface area contributed by atoms with E-state index in [9.17, 15) is 43.2 Å². The zero-order valence-corrected chi connectivity index (χ0v) is 63.7. The second-order valence-corrected chi connectivity index (χ2v) is 28.9. The van der Waals surface area contributed by atoms with Gasteiger partial charge in [0.2, 0.25) is 0 Å². The van der Waals surface area contributed by atoms with Gasteiger partial charge >= 0.3 is 39.5 Å². The van der Waals surface area contributed by atoms with Crippen LogP contribution in [0.1, 0.15) is 336 Å². The predicted octanol–water partition coefficient (Wildman–Crippen LogP) is 22.2. The highest BCUT2D eigenvalue weighted by Gasteiger charge is 2.30. The van der Waals surface area contributed by atoms with Crippen molar-refractivity contribution in [2.24, 2.45) is 0 Å². The van der Waals surface area contributed by atoms with Crippen molar-refractivity contribution < 1.29 is 80.2 Å². The maximum atomic E-state index is 13.1. The first-order chi connectivity index (χ1) is 47.7. The first-order valence-electron chi connectivity index (χ1n) is 38.8. The fourth-order valence-electron chi connectivity index (χ4n) is 10.3. The van der Waals surface area contributed by atoms with Gasteiger partial charge < -0.3 is 33.8 Å². The molecule has 0 aliphatic heterocycles. The van der Waals surface area contributed by atoms with Crippen molar-refractivity contribution in [3.05, 3.63) is 85.1 Å². The van der Waals surface area contributed by atoms with Crippen LogP contribution in [0.4, 0.5) is 0 Å². The first kappa shape index (κ1) is 94.2. The Morgan fingerprint density at radius 2 is 0.531 bits per heavy atom. The number of phosphoric ester groups is 2. The minimum absolute atomic E-state index is 0.0752. The summed E-state index contributed by atoms with van der Waals surface area (Å²) in [6, 6.07) is 0. The molecule has 0 aromatic carbocycles. The van der Waals surface area contributed by atoms with E-state index in [1.807, 2.05) is 0 Å². The van der Waals surface area contributed by atoms with E-state index in [1.165, 1.54) is 89.9 Å². The van der Waals surface area contributed by atoms with Crippen LogP contribution in [-0.4, -0.2) is 96.7 Å². The number of unbranched alkanes of at least 4 members (excludes halogenated alkanes) is 34. The minimum Gasteiger partial charge on any atom is -0.462 e. The molecule has 19 heteroatoms. The molecule has 5 atom stereocenters. The number of rotatable bonds is 73. The van der Waals surface area contributed by atoms with Crippen LogP contribution in [0.3, 0.4) is 0 Å². The van der Waals surface area contributed by atoms with Gasteiger partial charge in [-0.1, -0.05) is 254 Å². The van der Waals surface area contributed by atoms with Crippen molar-refractivity contribution in [1.29, 1.82) is 0 Å². The minimum atomic E-state index is -4.98. The number of aliphatic hydroxyl groups is 1. The molecule has 0 aliphatic carbocycles. The Labute approximate surface area is 595 Å². The molecule has 0 aliphatic rings. The Bertz CT molecular complexity index is 2190. The summed E-state index contributed by atoms with van der Waals surface area (Å²) in [5.41, 5.74) is 0. The lowest BCUT2D eigenvalue weighted by molar-refractivity contribution is -0.161. The molecular formula is C79H140O17P2. The third-order valence-corrected chi connectivity index (χ3v) is 18.2. The second-order valence-electron chi connectivity index (χ2n) is 26.0. The lowest BCUT2D eigenvalue weighted by Crippen LogP contribution is -2.30. The van der Waals surface area contributed by atoms with E-state index in [0.29, 0.717) is 25.7 Å². The Morgan fingerprint density at radius 1 is 0.296 bits per heavy atom. The smallest absolute Gasteiger partial charge is 0.462 e. The quantitative estimate of drug-likeness (QED) is 0.0128. The van der Waals surface area contributed by atoms with Gasteiger partial charge in [0.15, 0.2) is 12.2 Å². The molecule has 568 valence electrons. The summed E-state index contributed by atoms with van der Waals surface area (Å²) in [5, 5.41) is 10.6.